The first-order chi connectivity index (χ1) is 4.97. The van der Waals surface area contributed by atoms with Gasteiger partial charge in [0.15, 0.2) is 0 Å². The molecule has 2 aromatic rings. The Bertz CT molecular complexity index is 281. The van der Waals surface area contributed by atoms with E-state index in [9.17, 15) is 0 Å². The zero-order valence-corrected chi connectivity index (χ0v) is 6.49. The predicted octanol–water partition coefficient (Wildman–Crippen LogP) is 1.85. The molecule has 0 fully saturated rings. The van der Waals surface area contributed by atoms with Gasteiger partial charge in [0.25, 0.3) is 0 Å². The molecule has 49 valence electrons. The Hall–Kier alpha value is -0.773. The van der Waals surface area contributed by atoms with Crippen LogP contribution in [0.4, 0.5) is 0 Å². The fraction of sp³-hybridized carbons (Fsp3) is 0. The standard InChI is InChI=1S/C9H7N.Li/c1-2-4-9-7-10-6-5-8(9)3-1;/h1-7H;. The van der Waals surface area contributed by atoms with Crippen LogP contribution in [0.15, 0.2) is 42.7 Å². The van der Waals surface area contributed by atoms with Crippen molar-refractivity contribution >= 4 is 29.6 Å². The number of rotatable bonds is 0. The van der Waals surface area contributed by atoms with E-state index in [1.165, 1.54) is 10.8 Å². The van der Waals surface area contributed by atoms with E-state index in [2.05, 4.69) is 17.1 Å². The third-order valence-electron chi connectivity index (χ3n) is 1.55. The van der Waals surface area contributed by atoms with Gasteiger partial charge in [0.1, 0.15) is 0 Å². The summed E-state index contributed by atoms with van der Waals surface area (Å²) >= 11 is 0. The minimum absolute atomic E-state index is 0. The van der Waals surface area contributed by atoms with Crippen LogP contribution in [0.3, 0.4) is 0 Å². The molecule has 0 aliphatic heterocycles. The number of benzene rings is 1. The molecule has 0 bridgehead atoms. The summed E-state index contributed by atoms with van der Waals surface area (Å²) in [6.45, 7) is 0. The molecule has 0 spiro atoms. The number of aromatic nitrogens is 1. The van der Waals surface area contributed by atoms with E-state index in [4.69, 9.17) is 0 Å². The van der Waals surface area contributed by atoms with Gasteiger partial charge >= 0.3 is 0 Å². The van der Waals surface area contributed by atoms with E-state index < -0.39 is 0 Å². The van der Waals surface area contributed by atoms with E-state index in [1.54, 1.807) is 0 Å². The van der Waals surface area contributed by atoms with Crippen molar-refractivity contribution in [3.8, 4) is 0 Å². The van der Waals surface area contributed by atoms with Gasteiger partial charge in [0, 0.05) is 31.3 Å². The SMILES string of the molecule is [Li].c1ccc2cnccc2c1. The van der Waals surface area contributed by atoms with Gasteiger partial charge in [-0.25, -0.2) is 0 Å². The number of hydrogen-bond donors (Lipinski definition) is 0. The van der Waals surface area contributed by atoms with Crippen LogP contribution < -0.4 is 0 Å². The number of nitrogens with zero attached hydrogens (tertiary/aromatic N) is 1. The largest absolute Gasteiger partial charge is 0.264 e. The molecular formula is C9H7LiN. The summed E-state index contributed by atoms with van der Waals surface area (Å²) in [6, 6.07) is 10.2. The molecular weight excluding hydrogens is 129 g/mol. The van der Waals surface area contributed by atoms with Crippen molar-refractivity contribution in [1.29, 1.82) is 0 Å². The molecule has 1 heterocycles. The van der Waals surface area contributed by atoms with Crippen LogP contribution in [0.2, 0.25) is 0 Å². The van der Waals surface area contributed by atoms with Gasteiger partial charge in [-0.3, -0.25) is 4.98 Å². The maximum absolute atomic E-state index is 4.01. The van der Waals surface area contributed by atoms with Crippen LogP contribution in [0.5, 0.6) is 0 Å². The monoisotopic (exact) mass is 136 g/mol. The van der Waals surface area contributed by atoms with Crippen LogP contribution in [-0.4, -0.2) is 23.8 Å². The minimum atomic E-state index is 0. The smallest absolute Gasteiger partial charge is 0.0346 e. The summed E-state index contributed by atoms with van der Waals surface area (Å²) < 4.78 is 0. The molecule has 0 N–H and O–H groups in total. The Labute approximate surface area is 77.6 Å². The molecule has 0 amide bonds. The fourth-order valence-electron chi connectivity index (χ4n) is 1.03. The molecule has 0 saturated carbocycles. The topological polar surface area (TPSA) is 12.9 Å². The average Bonchev–Trinajstić information content (AvgIpc) is 2.05. The van der Waals surface area contributed by atoms with Gasteiger partial charge in [-0.15, -0.1) is 0 Å². The molecule has 1 aromatic heterocycles. The Morgan fingerprint density at radius 3 is 2.36 bits per heavy atom. The molecule has 0 atom stereocenters. The number of hydrogen-bond acceptors (Lipinski definition) is 1. The molecule has 1 aromatic carbocycles. The van der Waals surface area contributed by atoms with Crippen molar-refractivity contribution in [2.24, 2.45) is 0 Å². The zero-order chi connectivity index (χ0) is 6.81. The van der Waals surface area contributed by atoms with Gasteiger partial charge in [-0.05, 0) is 16.8 Å². The van der Waals surface area contributed by atoms with Gasteiger partial charge in [-0.2, -0.15) is 0 Å². The van der Waals surface area contributed by atoms with Crippen molar-refractivity contribution in [2.75, 3.05) is 0 Å². The number of pyridine rings is 1. The summed E-state index contributed by atoms with van der Waals surface area (Å²) in [5.74, 6) is 0. The zero-order valence-electron chi connectivity index (χ0n) is 6.49. The predicted molar refractivity (Wildman–Crippen MR) is 47.5 cm³/mol. The maximum atomic E-state index is 4.01. The van der Waals surface area contributed by atoms with Crippen molar-refractivity contribution in [1.82, 2.24) is 4.98 Å². The summed E-state index contributed by atoms with van der Waals surface area (Å²) in [5.41, 5.74) is 0. The molecule has 0 aliphatic carbocycles. The molecule has 1 radical (unpaired) electrons. The summed E-state index contributed by atoms with van der Waals surface area (Å²) in [4.78, 5) is 4.01. The van der Waals surface area contributed by atoms with Crippen molar-refractivity contribution in [2.45, 2.75) is 0 Å². The third-order valence-corrected chi connectivity index (χ3v) is 1.55. The van der Waals surface area contributed by atoms with Crippen LogP contribution in [0.25, 0.3) is 10.8 Å². The summed E-state index contributed by atoms with van der Waals surface area (Å²) in [5, 5.41) is 2.45. The Balaban J connectivity index is 0.000000605. The number of fused-ring (bicyclic) bond motifs is 1. The molecule has 2 rings (SSSR count). The van der Waals surface area contributed by atoms with Crippen LogP contribution in [-0.2, 0) is 0 Å². The normalized spacial score (nSPS) is 9.09. The van der Waals surface area contributed by atoms with Crippen molar-refractivity contribution < 1.29 is 0 Å². The van der Waals surface area contributed by atoms with Crippen molar-refractivity contribution in [3.05, 3.63) is 42.7 Å². The second-order valence-corrected chi connectivity index (χ2v) is 2.22. The second-order valence-electron chi connectivity index (χ2n) is 2.22. The van der Waals surface area contributed by atoms with Crippen LogP contribution in [0.1, 0.15) is 0 Å². The quantitative estimate of drug-likeness (QED) is 0.503. The summed E-state index contributed by atoms with van der Waals surface area (Å²) in [7, 11) is 0. The van der Waals surface area contributed by atoms with E-state index in [1.807, 2.05) is 30.6 Å². The molecule has 1 nitrogen and oxygen atoms in total. The van der Waals surface area contributed by atoms with E-state index in [0.717, 1.165) is 0 Å². The molecule has 0 aliphatic rings. The van der Waals surface area contributed by atoms with Gasteiger partial charge in [-0.1, -0.05) is 24.3 Å². The average molecular weight is 136 g/mol. The van der Waals surface area contributed by atoms with E-state index in [-0.39, 0.29) is 18.9 Å². The van der Waals surface area contributed by atoms with E-state index >= 15 is 0 Å². The van der Waals surface area contributed by atoms with Crippen LogP contribution in [0, 0.1) is 0 Å². The first-order valence-corrected chi connectivity index (χ1v) is 3.25. The molecule has 0 saturated heterocycles. The summed E-state index contributed by atoms with van der Waals surface area (Å²) in [6.07, 6.45) is 3.68. The van der Waals surface area contributed by atoms with Crippen LogP contribution >= 0.6 is 0 Å². The second kappa shape index (κ2) is 3.57. The Kier molecular flexibility index (Phi) is 2.70. The Morgan fingerprint density at radius 1 is 0.909 bits per heavy atom. The maximum Gasteiger partial charge on any atom is 0.0346 e. The van der Waals surface area contributed by atoms with E-state index in [0.29, 0.717) is 0 Å². The van der Waals surface area contributed by atoms with Crippen molar-refractivity contribution in [3.63, 3.8) is 0 Å². The molecule has 2 heteroatoms. The first kappa shape index (κ1) is 8.33. The Morgan fingerprint density at radius 2 is 1.64 bits per heavy atom. The van der Waals surface area contributed by atoms with Gasteiger partial charge < -0.3 is 0 Å². The minimum Gasteiger partial charge on any atom is -0.264 e. The fourth-order valence-corrected chi connectivity index (χ4v) is 1.03. The first-order valence-electron chi connectivity index (χ1n) is 3.25. The van der Waals surface area contributed by atoms with Gasteiger partial charge in [0.2, 0.25) is 0 Å². The molecule has 11 heavy (non-hydrogen) atoms. The van der Waals surface area contributed by atoms with Gasteiger partial charge in [0.05, 0.1) is 0 Å². The third kappa shape index (κ3) is 1.62. The molecule has 0 unspecified atom stereocenters.